The summed E-state index contributed by atoms with van der Waals surface area (Å²) in [7, 11) is -7.29. The standard InChI is InChI=1S/C20H25NO4S2/c1-15-12-17(3)20(13-16(15)2)27(24,25)21-11-7-8-18(21)14-26(22,23)19-9-5-4-6-10-19/h4-6,9-10,12-13,18H,7-8,11,14H2,1-3H3. The highest BCUT2D eigenvalue weighted by Crippen LogP contribution is 2.30. The average molecular weight is 408 g/mol. The molecule has 1 unspecified atom stereocenters. The van der Waals surface area contributed by atoms with E-state index in [1.165, 1.54) is 4.31 Å². The van der Waals surface area contributed by atoms with Crippen molar-refractivity contribution in [2.45, 2.75) is 49.4 Å². The molecular formula is C20H25NO4S2. The van der Waals surface area contributed by atoms with Crippen LogP contribution in [-0.2, 0) is 19.9 Å². The van der Waals surface area contributed by atoms with Crippen LogP contribution in [0.5, 0.6) is 0 Å². The largest absolute Gasteiger partial charge is 0.243 e. The van der Waals surface area contributed by atoms with Gasteiger partial charge in [0.15, 0.2) is 9.84 Å². The number of hydrogen-bond acceptors (Lipinski definition) is 4. The Balaban J connectivity index is 1.93. The third-order valence-electron chi connectivity index (χ3n) is 5.22. The summed E-state index contributed by atoms with van der Waals surface area (Å²) in [6, 6.07) is 11.2. The van der Waals surface area contributed by atoms with E-state index in [4.69, 9.17) is 0 Å². The Labute approximate surface area is 162 Å². The summed E-state index contributed by atoms with van der Waals surface area (Å²) in [5.74, 6) is -0.194. The van der Waals surface area contributed by atoms with Gasteiger partial charge in [-0.3, -0.25) is 0 Å². The molecule has 5 nitrogen and oxygen atoms in total. The van der Waals surface area contributed by atoms with Gasteiger partial charge in [-0.15, -0.1) is 0 Å². The first-order valence-corrected chi connectivity index (χ1v) is 12.1. The van der Waals surface area contributed by atoms with Gasteiger partial charge in [-0.05, 0) is 68.5 Å². The van der Waals surface area contributed by atoms with E-state index in [0.29, 0.717) is 24.9 Å². The van der Waals surface area contributed by atoms with Crippen LogP contribution in [0.2, 0.25) is 0 Å². The van der Waals surface area contributed by atoms with Crippen LogP contribution in [0, 0.1) is 20.8 Å². The van der Waals surface area contributed by atoms with Crippen molar-refractivity contribution in [3.8, 4) is 0 Å². The predicted octanol–water partition coefficient (Wildman–Crippen LogP) is 3.24. The second-order valence-electron chi connectivity index (χ2n) is 7.21. The first-order chi connectivity index (χ1) is 12.6. The van der Waals surface area contributed by atoms with Crippen molar-refractivity contribution in [3.63, 3.8) is 0 Å². The van der Waals surface area contributed by atoms with Gasteiger partial charge in [0, 0.05) is 12.6 Å². The first-order valence-electron chi connectivity index (χ1n) is 9.00. The van der Waals surface area contributed by atoms with Gasteiger partial charge in [-0.2, -0.15) is 4.31 Å². The van der Waals surface area contributed by atoms with Crippen LogP contribution < -0.4 is 0 Å². The van der Waals surface area contributed by atoms with Gasteiger partial charge in [0.1, 0.15) is 0 Å². The van der Waals surface area contributed by atoms with Gasteiger partial charge >= 0.3 is 0 Å². The minimum atomic E-state index is -3.74. The molecule has 0 aromatic heterocycles. The second kappa shape index (κ2) is 7.37. The summed E-state index contributed by atoms with van der Waals surface area (Å²) < 4.78 is 53.4. The normalized spacial score (nSPS) is 18.7. The Morgan fingerprint density at radius 1 is 0.926 bits per heavy atom. The molecule has 0 amide bonds. The van der Waals surface area contributed by atoms with E-state index < -0.39 is 25.9 Å². The molecule has 2 aromatic rings. The summed E-state index contributed by atoms with van der Waals surface area (Å²) in [4.78, 5) is 0.506. The van der Waals surface area contributed by atoms with E-state index in [1.54, 1.807) is 43.3 Å². The summed E-state index contributed by atoms with van der Waals surface area (Å²) in [5, 5.41) is 0. The minimum absolute atomic E-state index is 0.194. The molecule has 1 aliphatic heterocycles. The molecule has 1 fully saturated rings. The Morgan fingerprint density at radius 2 is 1.56 bits per heavy atom. The topological polar surface area (TPSA) is 71.5 Å². The SMILES string of the molecule is Cc1cc(C)c(S(=O)(=O)N2CCCC2CS(=O)(=O)c2ccccc2)cc1C. The van der Waals surface area contributed by atoms with E-state index >= 15 is 0 Å². The Hall–Kier alpha value is -1.70. The van der Waals surface area contributed by atoms with E-state index in [-0.39, 0.29) is 15.5 Å². The van der Waals surface area contributed by atoms with Crippen molar-refractivity contribution in [2.24, 2.45) is 0 Å². The zero-order valence-corrected chi connectivity index (χ0v) is 17.5. The molecule has 0 saturated carbocycles. The maximum Gasteiger partial charge on any atom is 0.243 e. The number of hydrogen-bond donors (Lipinski definition) is 0. The van der Waals surface area contributed by atoms with Gasteiger partial charge < -0.3 is 0 Å². The minimum Gasteiger partial charge on any atom is -0.224 e. The van der Waals surface area contributed by atoms with E-state index in [2.05, 4.69) is 0 Å². The summed E-state index contributed by atoms with van der Waals surface area (Å²) in [6.45, 7) is 5.97. The Kier molecular flexibility index (Phi) is 5.47. The fourth-order valence-corrected chi connectivity index (χ4v) is 7.31. The molecule has 0 radical (unpaired) electrons. The average Bonchev–Trinajstić information content (AvgIpc) is 3.07. The Morgan fingerprint density at radius 3 is 2.22 bits per heavy atom. The molecule has 146 valence electrons. The zero-order chi connectivity index (χ0) is 19.8. The van der Waals surface area contributed by atoms with Crippen LogP contribution in [0.15, 0.2) is 52.3 Å². The molecule has 1 aliphatic rings. The van der Waals surface area contributed by atoms with Crippen molar-refractivity contribution < 1.29 is 16.8 Å². The summed E-state index contributed by atoms with van der Waals surface area (Å²) in [6.07, 6.45) is 1.22. The maximum absolute atomic E-state index is 13.3. The highest BCUT2D eigenvalue weighted by molar-refractivity contribution is 7.91. The molecule has 3 rings (SSSR count). The van der Waals surface area contributed by atoms with Crippen molar-refractivity contribution in [1.29, 1.82) is 0 Å². The number of aryl methyl sites for hydroxylation is 3. The quantitative estimate of drug-likeness (QED) is 0.763. The van der Waals surface area contributed by atoms with Gasteiger partial charge in [-0.25, -0.2) is 16.8 Å². The van der Waals surface area contributed by atoms with E-state index in [9.17, 15) is 16.8 Å². The number of sulfone groups is 1. The second-order valence-corrected chi connectivity index (χ2v) is 11.1. The lowest BCUT2D eigenvalue weighted by Gasteiger charge is -2.25. The van der Waals surface area contributed by atoms with Crippen LogP contribution in [-0.4, -0.2) is 39.5 Å². The number of benzene rings is 2. The first kappa shape index (κ1) is 20.0. The molecule has 1 saturated heterocycles. The smallest absolute Gasteiger partial charge is 0.224 e. The number of rotatable bonds is 5. The zero-order valence-electron chi connectivity index (χ0n) is 15.8. The molecule has 0 spiro atoms. The third-order valence-corrected chi connectivity index (χ3v) is 9.12. The van der Waals surface area contributed by atoms with Gasteiger partial charge in [-0.1, -0.05) is 24.3 Å². The lowest BCUT2D eigenvalue weighted by atomic mass is 10.1. The highest BCUT2D eigenvalue weighted by atomic mass is 32.2. The van der Waals surface area contributed by atoms with Gasteiger partial charge in [0.05, 0.1) is 15.5 Å². The van der Waals surface area contributed by atoms with E-state index in [1.807, 2.05) is 19.9 Å². The molecule has 1 heterocycles. The maximum atomic E-state index is 13.3. The van der Waals surface area contributed by atoms with Gasteiger partial charge in [0.2, 0.25) is 10.0 Å². The molecule has 7 heteroatoms. The molecule has 0 bridgehead atoms. The van der Waals surface area contributed by atoms with Crippen molar-refractivity contribution in [2.75, 3.05) is 12.3 Å². The van der Waals surface area contributed by atoms with Crippen LogP contribution in [0.4, 0.5) is 0 Å². The van der Waals surface area contributed by atoms with Crippen molar-refractivity contribution in [1.82, 2.24) is 4.31 Å². The fourth-order valence-electron chi connectivity index (χ4n) is 3.61. The van der Waals surface area contributed by atoms with Crippen LogP contribution in [0.3, 0.4) is 0 Å². The van der Waals surface area contributed by atoms with Gasteiger partial charge in [0.25, 0.3) is 0 Å². The predicted molar refractivity (Wildman–Crippen MR) is 106 cm³/mol. The van der Waals surface area contributed by atoms with Crippen molar-refractivity contribution in [3.05, 3.63) is 59.2 Å². The molecule has 0 aliphatic carbocycles. The molecule has 27 heavy (non-hydrogen) atoms. The lowest BCUT2D eigenvalue weighted by Crippen LogP contribution is -2.39. The van der Waals surface area contributed by atoms with Crippen LogP contribution >= 0.6 is 0 Å². The number of nitrogens with zero attached hydrogens (tertiary/aromatic N) is 1. The third kappa shape index (κ3) is 3.95. The molecule has 1 atom stereocenters. The van der Waals surface area contributed by atoms with Crippen LogP contribution in [0.1, 0.15) is 29.5 Å². The number of sulfonamides is 1. The fraction of sp³-hybridized carbons (Fsp3) is 0.400. The van der Waals surface area contributed by atoms with E-state index in [0.717, 1.165) is 11.1 Å². The van der Waals surface area contributed by atoms with Crippen molar-refractivity contribution >= 4 is 19.9 Å². The summed E-state index contributed by atoms with van der Waals surface area (Å²) >= 11 is 0. The molecule has 0 N–H and O–H groups in total. The highest BCUT2D eigenvalue weighted by Gasteiger charge is 2.38. The molecule has 2 aromatic carbocycles. The van der Waals surface area contributed by atoms with Crippen LogP contribution in [0.25, 0.3) is 0 Å². The Bertz CT molecular complexity index is 1040. The summed E-state index contributed by atoms with van der Waals surface area (Å²) in [5.41, 5.74) is 2.64. The molecular weight excluding hydrogens is 382 g/mol. The monoisotopic (exact) mass is 407 g/mol. The lowest BCUT2D eigenvalue weighted by molar-refractivity contribution is 0.407.